The van der Waals surface area contributed by atoms with Crippen LogP contribution >= 0.6 is 0 Å². The number of likely N-dealkylation sites (tertiary alicyclic amines) is 2. The first-order valence-electron chi connectivity index (χ1n) is 12.3. The quantitative estimate of drug-likeness (QED) is 0.440. The molecule has 34 heavy (non-hydrogen) atoms. The molecule has 2 aromatic rings. The summed E-state index contributed by atoms with van der Waals surface area (Å²) in [5.74, 6) is 0.119. The number of nitrogens with zero attached hydrogens (tertiary/aromatic N) is 3. The topological polar surface area (TPSA) is 79.8 Å². The highest BCUT2D eigenvalue weighted by Gasteiger charge is 2.53. The third kappa shape index (κ3) is 5.46. The van der Waals surface area contributed by atoms with Gasteiger partial charge in [0.2, 0.25) is 17.7 Å². The van der Waals surface area contributed by atoms with Crippen LogP contribution in [0.2, 0.25) is 0 Å². The van der Waals surface area contributed by atoms with Crippen molar-refractivity contribution in [3.63, 3.8) is 0 Å². The van der Waals surface area contributed by atoms with Crippen LogP contribution in [0.4, 0.5) is 0 Å². The average Bonchev–Trinajstić information content (AvgIpc) is 3.07. The Morgan fingerprint density at radius 3 is 2.41 bits per heavy atom. The molecule has 2 saturated heterocycles. The maximum atomic E-state index is 13.7. The second-order valence-electron chi connectivity index (χ2n) is 9.19. The predicted molar refractivity (Wildman–Crippen MR) is 128 cm³/mol. The van der Waals surface area contributed by atoms with Crippen LogP contribution in [-0.4, -0.2) is 58.7 Å². The molecule has 7 nitrogen and oxygen atoms in total. The van der Waals surface area contributed by atoms with Gasteiger partial charge in [0.15, 0.2) is 0 Å². The summed E-state index contributed by atoms with van der Waals surface area (Å²) in [5, 5.41) is 0. The number of ether oxygens (including phenoxy) is 1. The normalized spacial score (nSPS) is 21.3. The molecule has 1 aromatic heterocycles. The van der Waals surface area contributed by atoms with Gasteiger partial charge in [0.1, 0.15) is 5.75 Å². The number of imide groups is 1. The first-order chi connectivity index (χ1) is 16.6. The van der Waals surface area contributed by atoms with Crippen LogP contribution in [0.25, 0.3) is 0 Å². The second-order valence-corrected chi connectivity index (χ2v) is 9.19. The molecule has 3 amide bonds. The van der Waals surface area contributed by atoms with Crippen molar-refractivity contribution >= 4 is 17.7 Å². The molecule has 0 bridgehead atoms. The minimum atomic E-state index is -1.14. The lowest BCUT2D eigenvalue weighted by atomic mass is 9.75. The fourth-order valence-corrected chi connectivity index (χ4v) is 4.96. The number of pyridine rings is 1. The van der Waals surface area contributed by atoms with Crippen LogP contribution in [0.1, 0.15) is 56.9 Å². The van der Waals surface area contributed by atoms with E-state index in [1.165, 1.54) is 11.3 Å². The third-order valence-electron chi connectivity index (χ3n) is 6.83. The van der Waals surface area contributed by atoms with Crippen molar-refractivity contribution in [1.29, 1.82) is 0 Å². The Morgan fingerprint density at radius 1 is 0.971 bits per heavy atom. The van der Waals surface area contributed by atoms with Gasteiger partial charge in [0.25, 0.3) is 0 Å². The fourth-order valence-electron chi connectivity index (χ4n) is 4.96. The highest BCUT2D eigenvalue weighted by Crippen LogP contribution is 2.40. The molecule has 1 unspecified atom stereocenters. The molecule has 0 radical (unpaired) electrons. The fraction of sp³-hybridized carbons (Fsp3) is 0.481. The average molecular weight is 464 g/mol. The van der Waals surface area contributed by atoms with Gasteiger partial charge in [0, 0.05) is 38.7 Å². The van der Waals surface area contributed by atoms with Gasteiger partial charge in [0.05, 0.1) is 18.2 Å². The summed E-state index contributed by atoms with van der Waals surface area (Å²) in [6.07, 6.45) is 9.30. The molecule has 3 heterocycles. The van der Waals surface area contributed by atoms with E-state index in [2.05, 4.69) is 4.98 Å². The Balaban J connectivity index is 1.47. The first-order valence-corrected chi connectivity index (χ1v) is 12.3. The number of hydrogen-bond acceptors (Lipinski definition) is 5. The molecule has 0 saturated carbocycles. The maximum absolute atomic E-state index is 13.7. The molecule has 1 atom stereocenters. The molecule has 2 aliphatic rings. The van der Waals surface area contributed by atoms with Crippen molar-refractivity contribution in [1.82, 2.24) is 14.8 Å². The van der Waals surface area contributed by atoms with Gasteiger partial charge < -0.3 is 9.64 Å². The summed E-state index contributed by atoms with van der Waals surface area (Å²) in [4.78, 5) is 47.4. The minimum Gasteiger partial charge on any atom is -0.492 e. The van der Waals surface area contributed by atoms with E-state index in [9.17, 15) is 14.4 Å². The maximum Gasteiger partial charge on any atom is 0.240 e. The molecule has 7 heteroatoms. The van der Waals surface area contributed by atoms with Crippen molar-refractivity contribution in [3.8, 4) is 5.75 Å². The molecule has 180 valence electrons. The van der Waals surface area contributed by atoms with Crippen molar-refractivity contribution < 1.29 is 19.1 Å². The second kappa shape index (κ2) is 11.3. The summed E-state index contributed by atoms with van der Waals surface area (Å²) in [5.41, 5.74) is -0.398. The Kier molecular flexibility index (Phi) is 7.93. The number of aromatic nitrogens is 1. The molecule has 1 aromatic carbocycles. The molecule has 0 spiro atoms. The van der Waals surface area contributed by atoms with E-state index < -0.39 is 5.41 Å². The number of carbonyl (C=O) groups is 3. The SMILES string of the molecule is O=C(CC1(c2ccccc2)CC(=O)N(CCCOc2cccnc2)C1=O)N1CCCCCCC1. The van der Waals surface area contributed by atoms with Gasteiger partial charge in [-0.05, 0) is 37.0 Å². The highest BCUT2D eigenvalue weighted by molar-refractivity contribution is 6.10. The predicted octanol–water partition coefficient (Wildman–Crippen LogP) is 3.73. The lowest BCUT2D eigenvalue weighted by molar-refractivity contribution is -0.142. The van der Waals surface area contributed by atoms with Crippen LogP contribution in [-0.2, 0) is 19.8 Å². The van der Waals surface area contributed by atoms with Gasteiger partial charge in [-0.1, -0.05) is 49.6 Å². The molecule has 2 aliphatic heterocycles. The van der Waals surface area contributed by atoms with Crippen molar-refractivity contribution in [2.45, 2.75) is 56.8 Å². The first kappa shape index (κ1) is 23.9. The largest absolute Gasteiger partial charge is 0.492 e. The molecule has 0 N–H and O–H groups in total. The van der Waals surface area contributed by atoms with E-state index in [0.29, 0.717) is 18.8 Å². The van der Waals surface area contributed by atoms with Gasteiger partial charge in [-0.3, -0.25) is 24.3 Å². The molecule has 2 fully saturated rings. The van der Waals surface area contributed by atoms with Crippen LogP contribution in [0, 0.1) is 0 Å². The molecular formula is C27H33N3O4. The lowest BCUT2D eigenvalue weighted by Gasteiger charge is -2.31. The van der Waals surface area contributed by atoms with Gasteiger partial charge in [-0.2, -0.15) is 0 Å². The Hall–Kier alpha value is -3.22. The van der Waals surface area contributed by atoms with E-state index in [1.54, 1.807) is 18.5 Å². The smallest absolute Gasteiger partial charge is 0.240 e. The number of carbonyl (C=O) groups excluding carboxylic acids is 3. The number of benzene rings is 1. The number of hydrogen-bond donors (Lipinski definition) is 0. The molecule has 4 rings (SSSR count). The van der Waals surface area contributed by atoms with E-state index in [-0.39, 0.29) is 37.1 Å². The monoisotopic (exact) mass is 463 g/mol. The standard InChI is InChI=1S/C27H33N3O4/c31-24(29-15-7-2-1-3-8-16-29)19-27(22-11-5-4-6-12-22)20-25(32)30(26(27)33)17-10-18-34-23-13-9-14-28-21-23/h4-6,9,11-14,21H,1-3,7-8,10,15-20H2. The zero-order valence-electron chi connectivity index (χ0n) is 19.7. The van der Waals surface area contributed by atoms with E-state index in [1.807, 2.05) is 41.3 Å². The molecular weight excluding hydrogens is 430 g/mol. The Labute approximate surface area is 201 Å². The van der Waals surface area contributed by atoms with Crippen molar-refractivity contribution in [2.75, 3.05) is 26.2 Å². The van der Waals surface area contributed by atoms with Crippen LogP contribution in [0.15, 0.2) is 54.9 Å². The number of amides is 3. The highest BCUT2D eigenvalue weighted by atomic mass is 16.5. The zero-order chi connectivity index (χ0) is 23.8. The third-order valence-corrected chi connectivity index (χ3v) is 6.83. The van der Waals surface area contributed by atoms with Gasteiger partial charge in [-0.25, -0.2) is 0 Å². The lowest BCUT2D eigenvalue weighted by Crippen LogP contribution is -2.44. The summed E-state index contributed by atoms with van der Waals surface area (Å²) in [6, 6.07) is 12.9. The summed E-state index contributed by atoms with van der Waals surface area (Å²) < 4.78 is 5.67. The van der Waals surface area contributed by atoms with Crippen molar-refractivity contribution in [3.05, 3.63) is 60.4 Å². The Morgan fingerprint density at radius 2 is 1.71 bits per heavy atom. The summed E-state index contributed by atoms with van der Waals surface area (Å²) in [6.45, 7) is 2.08. The minimum absolute atomic E-state index is 0.0267. The zero-order valence-corrected chi connectivity index (χ0v) is 19.7. The van der Waals surface area contributed by atoms with E-state index >= 15 is 0 Å². The van der Waals surface area contributed by atoms with Gasteiger partial charge in [-0.15, -0.1) is 0 Å². The van der Waals surface area contributed by atoms with Crippen LogP contribution < -0.4 is 4.74 Å². The number of rotatable bonds is 8. The van der Waals surface area contributed by atoms with E-state index in [4.69, 9.17) is 4.74 Å². The Bertz CT molecular complexity index is 974. The summed E-state index contributed by atoms with van der Waals surface area (Å²) in [7, 11) is 0. The molecule has 0 aliphatic carbocycles. The summed E-state index contributed by atoms with van der Waals surface area (Å²) >= 11 is 0. The van der Waals surface area contributed by atoms with Crippen LogP contribution in [0.3, 0.4) is 0 Å². The van der Waals surface area contributed by atoms with Crippen LogP contribution in [0.5, 0.6) is 5.75 Å². The van der Waals surface area contributed by atoms with Gasteiger partial charge >= 0.3 is 0 Å². The van der Waals surface area contributed by atoms with E-state index in [0.717, 1.165) is 44.3 Å². The van der Waals surface area contributed by atoms with Crippen molar-refractivity contribution in [2.24, 2.45) is 0 Å².